The van der Waals surface area contributed by atoms with E-state index in [2.05, 4.69) is 11.8 Å². The zero-order valence-electron chi connectivity index (χ0n) is 32.8. The van der Waals surface area contributed by atoms with Gasteiger partial charge in [-0.05, 0) is 18.1 Å². The van der Waals surface area contributed by atoms with Crippen molar-refractivity contribution in [1.29, 1.82) is 0 Å². The Hall–Kier alpha value is -5.10. The molecule has 3 unspecified atom stereocenters. The summed E-state index contributed by atoms with van der Waals surface area (Å²) in [6, 6.07) is 5.16. The summed E-state index contributed by atoms with van der Waals surface area (Å²) in [4.78, 5) is 80.7. The van der Waals surface area contributed by atoms with Crippen LogP contribution in [-0.2, 0) is 25.7 Å². The number of nitrogens with two attached hydrogens (primary N) is 1. The van der Waals surface area contributed by atoms with Crippen LogP contribution < -0.4 is 17.0 Å². The van der Waals surface area contributed by atoms with Crippen molar-refractivity contribution in [3.05, 3.63) is 74.2 Å². The third-order valence-corrected chi connectivity index (χ3v) is 11.7. The molecule has 4 rings (SSSR count). The lowest BCUT2D eigenvalue weighted by Gasteiger charge is -2.35. The molecule has 2 fully saturated rings. The average Bonchev–Trinajstić information content (AvgIpc) is 3.55. The van der Waals surface area contributed by atoms with Gasteiger partial charge in [-0.1, -0.05) is 24.3 Å². The van der Waals surface area contributed by atoms with E-state index in [0.717, 1.165) is 4.57 Å². The van der Waals surface area contributed by atoms with Gasteiger partial charge in [0.05, 0.1) is 61.8 Å². The molecule has 21 nitrogen and oxygen atoms in total. The Balaban J connectivity index is 1.53. The van der Waals surface area contributed by atoms with E-state index >= 15 is 0 Å². The van der Waals surface area contributed by atoms with Crippen LogP contribution in [0.2, 0.25) is 0 Å². The summed E-state index contributed by atoms with van der Waals surface area (Å²) >= 11 is 1.25. The van der Waals surface area contributed by atoms with Gasteiger partial charge in [0, 0.05) is 83.5 Å². The van der Waals surface area contributed by atoms with Gasteiger partial charge in [-0.15, -0.1) is 11.8 Å². The van der Waals surface area contributed by atoms with Crippen molar-refractivity contribution in [3.63, 3.8) is 0 Å². The zero-order valence-corrected chi connectivity index (χ0v) is 33.6. The molecule has 1 aromatic heterocycles. The van der Waals surface area contributed by atoms with Gasteiger partial charge in [-0.25, -0.2) is 4.79 Å². The van der Waals surface area contributed by atoms with Gasteiger partial charge >= 0.3 is 29.6 Å². The molecular weight excluding hydrogens is 795 g/mol. The molecule has 2 aromatic rings. The van der Waals surface area contributed by atoms with Crippen molar-refractivity contribution < 1.29 is 49.8 Å². The molecule has 59 heavy (non-hydrogen) atoms. The number of hydrogen-bond donors (Lipinski definition) is 7. The molecule has 0 bridgehead atoms. The van der Waals surface area contributed by atoms with E-state index in [1.807, 2.05) is 0 Å². The van der Waals surface area contributed by atoms with Gasteiger partial charge in [0.2, 0.25) is 0 Å². The van der Waals surface area contributed by atoms with Crippen LogP contribution in [0.4, 0.5) is 0 Å². The minimum atomic E-state index is -1.22. The van der Waals surface area contributed by atoms with Crippen LogP contribution in [0.15, 0.2) is 51.4 Å². The Labute approximate surface area is 343 Å². The van der Waals surface area contributed by atoms with E-state index in [0.29, 0.717) is 16.7 Å². The molecule has 3 heterocycles. The fraction of sp³-hybridized carbons (Fsp3) is 0.541. The van der Waals surface area contributed by atoms with Gasteiger partial charge in [0.15, 0.2) is 0 Å². The van der Waals surface area contributed by atoms with E-state index in [-0.39, 0.29) is 104 Å². The number of carbonyl (C=O) groups is 4. The molecular formula is C37H53N9O12S. The molecule has 0 aliphatic carbocycles. The minimum Gasteiger partial charge on any atom is -0.480 e. The number of rotatable bonds is 17. The van der Waals surface area contributed by atoms with Gasteiger partial charge in [0.25, 0.3) is 5.56 Å². The van der Waals surface area contributed by atoms with Gasteiger partial charge in [0.1, 0.15) is 6.04 Å². The number of aryl methyl sites for hydroxylation is 1. The number of carboxylic acids is 4. The van der Waals surface area contributed by atoms with E-state index in [1.54, 1.807) is 50.8 Å². The summed E-state index contributed by atoms with van der Waals surface area (Å²) in [6.45, 7) is 4.98. The summed E-state index contributed by atoms with van der Waals surface area (Å²) in [5, 5.41) is 63.2. The van der Waals surface area contributed by atoms with Crippen molar-refractivity contribution in [1.82, 2.24) is 33.7 Å². The molecule has 8 N–H and O–H groups in total. The number of benzene rings is 1. The van der Waals surface area contributed by atoms with Gasteiger partial charge < -0.3 is 36.4 Å². The zero-order chi connectivity index (χ0) is 43.4. The quantitative estimate of drug-likeness (QED) is 0.0680. The van der Waals surface area contributed by atoms with Crippen molar-refractivity contribution in [2.24, 2.45) is 10.8 Å². The molecule has 4 atom stereocenters. The first-order valence-electron chi connectivity index (χ1n) is 18.9. The predicted molar refractivity (Wildman–Crippen MR) is 217 cm³/mol. The summed E-state index contributed by atoms with van der Waals surface area (Å²) in [7, 11) is 0. The van der Waals surface area contributed by atoms with Crippen LogP contribution in [0.25, 0.3) is 5.70 Å². The second-order valence-electron chi connectivity index (χ2n) is 14.4. The maximum atomic E-state index is 13.4. The van der Waals surface area contributed by atoms with E-state index in [1.165, 1.54) is 33.7 Å². The fourth-order valence-corrected chi connectivity index (χ4v) is 8.42. The number of aliphatic carboxylic acids is 4. The van der Waals surface area contributed by atoms with Crippen LogP contribution in [-0.4, -0.2) is 191 Å². The highest BCUT2D eigenvalue weighted by Gasteiger charge is 2.35. The smallest absolute Gasteiger partial charge is 0.332 e. The van der Waals surface area contributed by atoms with Crippen molar-refractivity contribution >= 4 is 48.1 Å². The molecule has 2 aliphatic rings. The summed E-state index contributed by atoms with van der Waals surface area (Å²) < 4.78 is 2.45. The number of aliphatic hydroxyl groups excluding tert-OH is 2. The first-order chi connectivity index (χ1) is 28.0. The molecule has 0 amide bonds. The second kappa shape index (κ2) is 21.8. The lowest BCUT2D eigenvalue weighted by Crippen LogP contribution is -2.49. The average molecular weight is 848 g/mol. The van der Waals surface area contributed by atoms with Gasteiger partial charge in [-0.3, -0.25) is 57.7 Å². The summed E-state index contributed by atoms with van der Waals surface area (Å²) in [6.07, 6.45) is 2.32. The Bertz CT molecular complexity index is 1930. The van der Waals surface area contributed by atoms with Crippen LogP contribution in [0.5, 0.6) is 0 Å². The van der Waals surface area contributed by atoms with E-state index in [9.17, 15) is 59.4 Å². The molecule has 0 radical (unpaired) electrons. The third-order valence-electron chi connectivity index (χ3n) is 10.2. The van der Waals surface area contributed by atoms with E-state index < -0.39 is 57.9 Å². The largest absolute Gasteiger partial charge is 0.480 e. The van der Waals surface area contributed by atoms with Crippen molar-refractivity contribution in [2.45, 2.75) is 42.7 Å². The number of hydrazone groups is 1. The maximum Gasteiger partial charge on any atom is 0.332 e. The third kappa shape index (κ3) is 13.2. The Morgan fingerprint density at radius 1 is 0.898 bits per heavy atom. The monoisotopic (exact) mass is 847 g/mol. The fourth-order valence-electron chi connectivity index (χ4n) is 7.05. The Morgan fingerprint density at radius 3 is 1.85 bits per heavy atom. The highest BCUT2D eigenvalue weighted by Crippen LogP contribution is 2.40. The molecule has 0 spiro atoms. The second-order valence-corrected chi connectivity index (χ2v) is 15.8. The lowest BCUT2D eigenvalue weighted by molar-refractivity contribution is -0.145. The maximum absolute atomic E-state index is 13.4. The Morgan fingerprint density at radius 2 is 1.41 bits per heavy atom. The predicted octanol–water partition coefficient (Wildman–Crippen LogP) is -1.85. The van der Waals surface area contributed by atoms with E-state index in [4.69, 9.17) is 5.73 Å². The van der Waals surface area contributed by atoms with Crippen LogP contribution in [0.1, 0.15) is 34.5 Å². The summed E-state index contributed by atoms with van der Waals surface area (Å²) in [5.41, 5.74) is 6.71. The topological polar surface area (TPSA) is 288 Å². The number of hydrogen-bond acceptors (Lipinski definition) is 16. The lowest BCUT2D eigenvalue weighted by atomic mass is 10.0. The minimum absolute atomic E-state index is 0.0199. The molecule has 2 aliphatic heterocycles. The molecule has 324 valence electrons. The van der Waals surface area contributed by atoms with Crippen molar-refractivity contribution in [3.8, 4) is 0 Å². The standard InChI is InChI=1S/C37H53N9O12S/c1-24-18-46(30-17-28(48)29(23-47)59-30)37(58)45(35(24)55)16-15-44(39-2)19-27(38)25-3-5-26(6-4-25)34(36(56)57)43-13-11-41(21-32(51)52)9-7-40(20-31(49)50)8-10-42(12-14-43)22-33(53)54/h3-6,18-19,28-30,34,47-48H,2,7-17,20-23,38H2,1H3,(H,49,50)(H,51,52)(H,53,54)(H,56,57)/b27-19-/t28?,29-,30?,34?/m1/s1. The summed E-state index contributed by atoms with van der Waals surface area (Å²) in [5.74, 6) is -4.48. The van der Waals surface area contributed by atoms with Crippen molar-refractivity contribution in [2.75, 3.05) is 85.1 Å². The Kier molecular flexibility index (Phi) is 17.2. The molecule has 0 saturated carbocycles. The van der Waals surface area contributed by atoms with Gasteiger partial charge in [-0.2, -0.15) is 5.10 Å². The SMILES string of the molecule is C=NN(/C=C(\N)c1ccc(C(C(=O)O)N2CCN(CC(=O)O)CCN(CC(=O)O)CCN(CC(=O)O)CC2)cc1)CCn1c(=O)c(C)cn(C2CC(O)[C@@H](CO)S2)c1=O. The van der Waals surface area contributed by atoms with Crippen LogP contribution in [0.3, 0.4) is 0 Å². The number of thioether (sulfide) groups is 1. The first kappa shape index (κ1) is 46.6. The molecule has 22 heteroatoms. The highest BCUT2D eigenvalue weighted by molar-refractivity contribution is 8.00. The first-order valence-corrected chi connectivity index (χ1v) is 19.8. The number of carboxylic acid groups (broad SMARTS) is 4. The van der Waals surface area contributed by atoms with Crippen LogP contribution >= 0.6 is 11.8 Å². The molecule has 1 aromatic carbocycles. The molecule has 2 saturated heterocycles. The number of nitrogens with zero attached hydrogens (tertiary/aromatic N) is 8. The highest BCUT2D eigenvalue weighted by atomic mass is 32.2. The normalized spacial score (nSPS) is 21.3. The number of aliphatic hydroxyl groups is 2. The number of aromatic nitrogens is 2. The van der Waals surface area contributed by atoms with Crippen LogP contribution in [0, 0.1) is 6.92 Å².